The topological polar surface area (TPSA) is 12.5 Å². The van der Waals surface area contributed by atoms with Gasteiger partial charge in [0.25, 0.3) is 0 Å². The van der Waals surface area contributed by atoms with E-state index in [1.807, 2.05) is 0 Å². The van der Waals surface area contributed by atoms with Crippen LogP contribution in [0.15, 0.2) is 12.2 Å². The summed E-state index contributed by atoms with van der Waals surface area (Å²) >= 11 is 0. The maximum absolute atomic E-state index is 5.52. The van der Waals surface area contributed by atoms with Crippen molar-refractivity contribution in [3.05, 3.63) is 12.2 Å². The quantitative estimate of drug-likeness (QED) is 0.327. The normalized spacial score (nSPS) is 44.3. The number of allylic oxidation sites excluding steroid dienone is 1. The van der Waals surface area contributed by atoms with Gasteiger partial charge in [0.15, 0.2) is 5.60 Å². The van der Waals surface area contributed by atoms with Crippen LogP contribution in [-0.2, 0) is 4.74 Å². The Labute approximate surface area is 73.8 Å². The molecule has 0 bridgehead atoms. The second kappa shape index (κ2) is 2.37. The van der Waals surface area contributed by atoms with Gasteiger partial charge in [-0.2, -0.15) is 0 Å². The molecule has 1 aliphatic carbocycles. The van der Waals surface area contributed by atoms with Crippen LogP contribution in [0.3, 0.4) is 0 Å². The first-order valence-corrected chi connectivity index (χ1v) is 4.49. The summed E-state index contributed by atoms with van der Waals surface area (Å²) in [5.41, 5.74) is 1.11. The SMILES string of the molecule is C#C[C@@]12CC[C@H](C(=C)C)CC1O2. The maximum atomic E-state index is 5.52. The molecule has 1 heterocycles. The third kappa shape index (κ3) is 0.990. The van der Waals surface area contributed by atoms with Crippen LogP contribution in [0.25, 0.3) is 0 Å². The molecule has 1 heteroatoms. The average molecular weight is 162 g/mol. The molecule has 1 saturated heterocycles. The van der Waals surface area contributed by atoms with Crippen molar-refractivity contribution >= 4 is 0 Å². The lowest BCUT2D eigenvalue weighted by Gasteiger charge is -2.21. The van der Waals surface area contributed by atoms with Gasteiger partial charge in [0.1, 0.15) is 6.10 Å². The number of rotatable bonds is 1. The van der Waals surface area contributed by atoms with Crippen LogP contribution in [0, 0.1) is 18.3 Å². The van der Waals surface area contributed by atoms with Crippen molar-refractivity contribution in [3.8, 4) is 12.3 Å². The standard InChI is InChI=1S/C11H14O/c1-4-11-6-5-9(8(2)3)7-10(11)12-11/h1,9-10H,2,5-7H2,3H3/t9-,10?,11+/m0/s1. The molecule has 2 rings (SSSR count). The molecule has 1 saturated carbocycles. The molecule has 0 aromatic heterocycles. The Morgan fingerprint density at radius 2 is 2.50 bits per heavy atom. The van der Waals surface area contributed by atoms with Crippen LogP contribution in [0.1, 0.15) is 26.2 Å². The van der Waals surface area contributed by atoms with Gasteiger partial charge >= 0.3 is 0 Å². The van der Waals surface area contributed by atoms with E-state index >= 15 is 0 Å². The second-order valence-corrected chi connectivity index (χ2v) is 3.96. The second-order valence-electron chi connectivity index (χ2n) is 3.96. The highest BCUT2D eigenvalue weighted by atomic mass is 16.6. The lowest BCUT2D eigenvalue weighted by molar-refractivity contribution is 0.336. The van der Waals surface area contributed by atoms with E-state index in [2.05, 4.69) is 19.4 Å². The van der Waals surface area contributed by atoms with Crippen molar-refractivity contribution in [2.24, 2.45) is 5.92 Å². The van der Waals surface area contributed by atoms with Gasteiger partial charge in [0.2, 0.25) is 0 Å². The van der Waals surface area contributed by atoms with E-state index in [1.165, 1.54) is 5.57 Å². The molecular weight excluding hydrogens is 148 g/mol. The van der Waals surface area contributed by atoms with E-state index in [9.17, 15) is 0 Å². The lowest BCUT2D eigenvalue weighted by atomic mass is 9.79. The molecule has 1 nitrogen and oxygen atoms in total. The molecule has 2 fully saturated rings. The molecule has 12 heavy (non-hydrogen) atoms. The fraction of sp³-hybridized carbons (Fsp3) is 0.636. The van der Waals surface area contributed by atoms with Gasteiger partial charge in [-0.15, -0.1) is 6.42 Å². The van der Waals surface area contributed by atoms with Gasteiger partial charge < -0.3 is 4.74 Å². The maximum Gasteiger partial charge on any atom is 0.154 e. The number of epoxide rings is 1. The van der Waals surface area contributed by atoms with E-state index in [-0.39, 0.29) is 5.60 Å². The van der Waals surface area contributed by atoms with Gasteiger partial charge in [0.05, 0.1) is 0 Å². The highest BCUT2D eigenvalue weighted by molar-refractivity contribution is 5.25. The molecule has 2 aliphatic rings. The van der Waals surface area contributed by atoms with Crippen LogP contribution in [0.2, 0.25) is 0 Å². The monoisotopic (exact) mass is 162 g/mol. The molecule has 0 aromatic rings. The molecule has 0 amide bonds. The minimum absolute atomic E-state index is 0.161. The Morgan fingerprint density at radius 1 is 1.75 bits per heavy atom. The summed E-state index contributed by atoms with van der Waals surface area (Å²) in [5, 5.41) is 0. The van der Waals surface area contributed by atoms with Crippen LogP contribution >= 0.6 is 0 Å². The van der Waals surface area contributed by atoms with Crippen molar-refractivity contribution < 1.29 is 4.74 Å². The Morgan fingerprint density at radius 3 is 3.00 bits per heavy atom. The predicted molar refractivity (Wildman–Crippen MR) is 48.6 cm³/mol. The first kappa shape index (κ1) is 7.89. The molecule has 64 valence electrons. The Balaban J connectivity index is 2.02. The van der Waals surface area contributed by atoms with Crippen LogP contribution in [-0.4, -0.2) is 11.7 Å². The molecule has 0 N–H and O–H groups in total. The number of ether oxygens (including phenoxy) is 1. The summed E-state index contributed by atoms with van der Waals surface area (Å²) in [4.78, 5) is 0. The number of hydrogen-bond acceptors (Lipinski definition) is 1. The number of fused-ring (bicyclic) bond motifs is 1. The van der Waals surface area contributed by atoms with E-state index in [0.29, 0.717) is 12.0 Å². The summed E-state index contributed by atoms with van der Waals surface area (Å²) in [6, 6.07) is 0. The van der Waals surface area contributed by atoms with Crippen molar-refractivity contribution in [3.63, 3.8) is 0 Å². The molecule has 1 unspecified atom stereocenters. The molecule has 0 radical (unpaired) electrons. The van der Waals surface area contributed by atoms with Crippen molar-refractivity contribution in [1.29, 1.82) is 0 Å². The first-order chi connectivity index (χ1) is 5.68. The molecular formula is C11H14O. The van der Waals surface area contributed by atoms with Gasteiger partial charge in [-0.3, -0.25) is 0 Å². The highest BCUT2D eigenvalue weighted by Gasteiger charge is 2.58. The van der Waals surface area contributed by atoms with E-state index < -0.39 is 0 Å². The fourth-order valence-electron chi connectivity index (χ4n) is 2.09. The fourth-order valence-corrected chi connectivity index (χ4v) is 2.09. The Hall–Kier alpha value is -0.740. The lowest BCUT2D eigenvalue weighted by Crippen LogP contribution is -2.22. The summed E-state index contributed by atoms with van der Waals surface area (Å²) in [6.07, 6.45) is 8.99. The zero-order chi connectivity index (χ0) is 8.77. The third-order valence-electron chi connectivity index (χ3n) is 3.12. The van der Waals surface area contributed by atoms with E-state index in [4.69, 9.17) is 11.2 Å². The van der Waals surface area contributed by atoms with Gasteiger partial charge in [0, 0.05) is 0 Å². The largest absolute Gasteiger partial charge is 0.352 e. The number of hydrogen-bond donors (Lipinski definition) is 0. The zero-order valence-electron chi connectivity index (χ0n) is 7.47. The number of terminal acetylenes is 1. The molecule has 0 spiro atoms. The summed E-state index contributed by atoms with van der Waals surface area (Å²) < 4.78 is 5.52. The summed E-state index contributed by atoms with van der Waals surface area (Å²) in [6.45, 7) is 6.07. The van der Waals surface area contributed by atoms with Crippen LogP contribution in [0.4, 0.5) is 0 Å². The average Bonchev–Trinajstić information content (AvgIpc) is 2.77. The van der Waals surface area contributed by atoms with Crippen LogP contribution < -0.4 is 0 Å². The third-order valence-corrected chi connectivity index (χ3v) is 3.12. The first-order valence-electron chi connectivity index (χ1n) is 4.49. The summed E-state index contributed by atoms with van der Waals surface area (Å²) in [7, 11) is 0. The van der Waals surface area contributed by atoms with Crippen molar-refractivity contribution in [2.75, 3.05) is 0 Å². The highest BCUT2D eigenvalue weighted by Crippen LogP contribution is 2.50. The minimum atomic E-state index is -0.161. The van der Waals surface area contributed by atoms with Crippen LogP contribution in [0.5, 0.6) is 0 Å². The Bertz CT molecular complexity index is 261. The molecule has 1 aliphatic heterocycles. The predicted octanol–water partition coefficient (Wildman–Crippen LogP) is 2.13. The Kier molecular flexibility index (Phi) is 1.56. The zero-order valence-corrected chi connectivity index (χ0v) is 7.47. The molecule has 3 atom stereocenters. The smallest absolute Gasteiger partial charge is 0.154 e. The minimum Gasteiger partial charge on any atom is -0.352 e. The van der Waals surface area contributed by atoms with Crippen molar-refractivity contribution in [1.82, 2.24) is 0 Å². The summed E-state index contributed by atoms with van der Waals surface area (Å²) in [5.74, 6) is 3.40. The van der Waals surface area contributed by atoms with Gasteiger partial charge in [-0.1, -0.05) is 18.1 Å². The van der Waals surface area contributed by atoms with E-state index in [1.54, 1.807) is 0 Å². The van der Waals surface area contributed by atoms with Gasteiger partial charge in [-0.25, -0.2) is 0 Å². The van der Waals surface area contributed by atoms with E-state index in [0.717, 1.165) is 19.3 Å². The van der Waals surface area contributed by atoms with Crippen molar-refractivity contribution in [2.45, 2.75) is 37.9 Å². The van der Waals surface area contributed by atoms with Gasteiger partial charge in [-0.05, 0) is 32.1 Å². The molecule has 0 aromatic carbocycles.